The molecule has 1 N–H and O–H groups in total. The topological polar surface area (TPSA) is 38.3 Å². The summed E-state index contributed by atoms with van der Waals surface area (Å²) in [5.41, 5.74) is 2.07. The fourth-order valence-electron chi connectivity index (χ4n) is 1.84. The third-order valence-electron chi connectivity index (χ3n) is 2.94. The standard InChI is InChI=1S/C16H15Cl2NO2/c1-3-21-15-7-5-11(8-13(15)18)16(20)19-14-9-12(17)6-4-10(14)2/h4-9H,3H2,1-2H3,(H,19,20). The van der Waals surface area contributed by atoms with Crippen molar-refractivity contribution in [1.82, 2.24) is 0 Å². The zero-order chi connectivity index (χ0) is 15.4. The maximum atomic E-state index is 12.2. The van der Waals surface area contributed by atoms with E-state index in [0.717, 1.165) is 5.56 Å². The molecule has 5 heteroatoms. The first-order valence-corrected chi connectivity index (χ1v) is 7.26. The van der Waals surface area contributed by atoms with Gasteiger partial charge in [-0.05, 0) is 49.7 Å². The molecule has 0 saturated heterocycles. The molecule has 21 heavy (non-hydrogen) atoms. The first-order chi connectivity index (χ1) is 10.0. The van der Waals surface area contributed by atoms with Crippen LogP contribution in [0.5, 0.6) is 5.75 Å². The van der Waals surface area contributed by atoms with Crippen LogP contribution in [0, 0.1) is 6.92 Å². The first kappa shape index (κ1) is 15.7. The number of benzene rings is 2. The fourth-order valence-corrected chi connectivity index (χ4v) is 2.25. The van der Waals surface area contributed by atoms with E-state index in [9.17, 15) is 4.79 Å². The monoisotopic (exact) mass is 323 g/mol. The van der Waals surface area contributed by atoms with Crippen molar-refractivity contribution >= 4 is 34.8 Å². The molecule has 0 aliphatic heterocycles. The lowest BCUT2D eigenvalue weighted by Gasteiger charge is -2.10. The van der Waals surface area contributed by atoms with Crippen molar-refractivity contribution in [3.8, 4) is 5.75 Å². The third-order valence-corrected chi connectivity index (χ3v) is 3.47. The van der Waals surface area contributed by atoms with Crippen LogP contribution in [0.2, 0.25) is 10.0 Å². The molecule has 0 radical (unpaired) electrons. The van der Waals surface area contributed by atoms with Gasteiger partial charge in [0, 0.05) is 16.3 Å². The molecule has 0 bridgehead atoms. The minimum atomic E-state index is -0.245. The zero-order valence-electron chi connectivity index (χ0n) is 11.7. The van der Waals surface area contributed by atoms with Crippen LogP contribution in [0.4, 0.5) is 5.69 Å². The summed E-state index contributed by atoms with van der Waals surface area (Å²) in [5, 5.41) is 3.80. The molecule has 0 spiro atoms. The molecule has 0 aromatic heterocycles. The van der Waals surface area contributed by atoms with Gasteiger partial charge in [0.25, 0.3) is 5.91 Å². The maximum absolute atomic E-state index is 12.2. The number of aryl methyl sites for hydroxylation is 1. The second-order valence-electron chi connectivity index (χ2n) is 4.49. The van der Waals surface area contributed by atoms with Crippen molar-refractivity contribution in [2.45, 2.75) is 13.8 Å². The number of anilines is 1. The molecule has 1 amide bonds. The quantitative estimate of drug-likeness (QED) is 0.864. The van der Waals surface area contributed by atoms with Crippen LogP contribution in [0.15, 0.2) is 36.4 Å². The molecule has 2 rings (SSSR count). The van der Waals surface area contributed by atoms with E-state index < -0.39 is 0 Å². The molecule has 0 heterocycles. The minimum absolute atomic E-state index is 0.245. The molecule has 2 aromatic rings. The SMILES string of the molecule is CCOc1ccc(C(=O)Nc2cc(Cl)ccc2C)cc1Cl. The van der Waals surface area contributed by atoms with E-state index in [1.165, 1.54) is 0 Å². The van der Waals surface area contributed by atoms with E-state index in [1.54, 1.807) is 30.3 Å². The summed E-state index contributed by atoms with van der Waals surface area (Å²) in [6.07, 6.45) is 0. The van der Waals surface area contributed by atoms with Crippen LogP contribution >= 0.6 is 23.2 Å². The average molecular weight is 324 g/mol. The number of nitrogens with one attached hydrogen (secondary N) is 1. The highest BCUT2D eigenvalue weighted by Crippen LogP contribution is 2.26. The maximum Gasteiger partial charge on any atom is 0.255 e. The van der Waals surface area contributed by atoms with E-state index in [1.807, 2.05) is 19.9 Å². The lowest BCUT2D eigenvalue weighted by atomic mass is 10.1. The lowest BCUT2D eigenvalue weighted by Crippen LogP contribution is -2.12. The number of hydrogen-bond acceptors (Lipinski definition) is 2. The summed E-state index contributed by atoms with van der Waals surface area (Å²) in [7, 11) is 0. The van der Waals surface area contributed by atoms with Crippen LogP contribution < -0.4 is 10.1 Å². The summed E-state index contributed by atoms with van der Waals surface area (Å²) in [5.74, 6) is 0.319. The van der Waals surface area contributed by atoms with Crippen LogP contribution in [0.1, 0.15) is 22.8 Å². The van der Waals surface area contributed by atoms with Crippen LogP contribution in [0.25, 0.3) is 0 Å². The number of carbonyl (C=O) groups is 1. The summed E-state index contributed by atoms with van der Waals surface area (Å²) in [6.45, 7) is 4.29. The van der Waals surface area contributed by atoms with Crippen molar-refractivity contribution in [3.63, 3.8) is 0 Å². The predicted molar refractivity (Wildman–Crippen MR) is 86.8 cm³/mol. The molecule has 110 valence electrons. The highest BCUT2D eigenvalue weighted by atomic mass is 35.5. The predicted octanol–water partition coefficient (Wildman–Crippen LogP) is 4.95. The number of rotatable bonds is 4. The molecular weight excluding hydrogens is 309 g/mol. The number of halogens is 2. The average Bonchev–Trinajstić information content (AvgIpc) is 2.45. The minimum Gasteiger partial charge on any atom is -0.492 e. The number of carbonyl (C=O) groups excluding carboxylic acids is 1. The van der Waals surface area contributed by atoms with E-state index in [-0.39, 0.29) is 5.91 Å². The molecule has 2 aromatic carbocycles. The Hall–Kier alpha value is -1.71. The Kier molecular flexibility index (Phi) is 5.10. The Balaban J connectivity index is 2.20. The van der Waals surface area contributed by atoms with Gasteiger partial charge in [-0.1, -0.05) is 29.3 Å². The molecule has 0 saturated carbocycles. The third kappa shape index (κ3) is 3.90. The van der Waals surface area contributed by atoms with E-state index >= 15 is 0 Å². The lowest BCUT2D eigenvalue weighted by molar-refractivity contribution is 0.102. The van der Waals surface area contributed by atoms with Gasteiger partial charge < -0.3 is 10.1 Å². The van der Waals surface area contributed by atoms with Gasteiger partial charge in [0.1, 0.15) is 5.75 Å². The molecule has 0 aliphatic carbocycles. The number of ether oxygens (including phenoxy) is 1. The Bertz CT molecular complexity index is 671. The van der Waals surface area contributed by atoms with Crippen molar-refractivity contribution < 1.29 is 9.53 Å². The number of amides is 1. The summed E-state index contributed by atoms with van der Waals surface area (Å²) < 4.78 is 5.34. The molecule has 3 nitrogen and oxygen atoms in total. The van der Waals surface area contributed by atoms with Crippen LogP contribution in [-0.4, -0.2) is 12.5 Å². The van der Waals surface area contributed by atoms with Gasteiger partial charge in [0.05, 0.1) is 11.6 Å². The highest BCUT2D eigenvalue weighted by molar-refractivity contribution is 6.32. The summed E-state index contributed by atoms with van der Waals surface area (Å²) in [4.78, 5) is 12.2. The Morgan fingerprint density at radius 1 is 1.19 bits per heavy atom. The van der Waals surface area contributed by atoms with E-state index in [0.29, 0.717) is 33.7 Å². The molecular formula is C16H15Cl2NO2. The zero-order valence-corrected chi connectivity index (χ0v) is 13.3. The molecule has 0 fully saturated rings. The van der Waals surface area contributed by atoms with E-state index in [4.69, 9.17) is 27.9 Å². The van der Waals surface area contributed by atoms with Crippen LogP contribution in [0.3, 0.4) is 0 Å². The van der Waals surface area contributed by atoms with Gasteiger partial charge in [-0.2, -0.15) is 0 Å². The second-order valence-corrected chi connectivity index (χ2v) is 5.34. The van der Waals surface area contributed by atoms with E-state index in [2.05, 4.69) is 5.32 Å². The van der Waals surface area contributed by atoms with Gasteiger partial charge in [-0.3, -0.25) is 4.79 Å². The van der Waals surface area contributed by atoms with Gasteiger partial charge >= 0.3 is 0 Å². The summed E-state index contributed by atoms with van der Waals surface area (Å²) in [6, 6.07) is 10.3. The smallest absolute Gasteiger partial charge is 0.255 e. The first-order valence-electron chi connectivity index (χ1n) is 6.51. The van der Waals surface area contributed by atoms with Gasteiger partial charge in [0.2, 0.25) is 0 Å². The Morgan fingerprint density at radius 2 is 1.95 bits per heavy atom. The van der Waals surface area contributed by atoms with Crippen molar-refractivity contribution in [2.75, 3.05) is 11.9 Å². The Labute approximate surface area is 133 Å². The molecule has 0 aliphatic rings. The Morgan fingerprint density at radius 3 is 2.62 bits per heavy atom. The van der Waals surface area contributed by atoms with Gasteiger partial charge in [-0.15, -0.1) is 0 Å². The fraction of sp³-hybridized carbons (Fsp3) is 0.188. The van der Waals surface area contributed by atoms with Crippen molar-refractivity contribution in [2.24, 2.45) is 0 Å². The van der Waals surface area contributed by atoms with Crippen LogP contribution in [-0.2, 0) is 0 Å². The van der Waals surface area contributed by atoms with Gasteiger partial charge in [-0.25, -0.2) is 0 Å². The highest BCUT2D eigenvalue weighted by Gasteiger charge is 2.11. The number of hydrogen-bond donors (Lipinski definition) is 1. The molecule has 0 atom stereocenters. The molecule has 0 unspecified atom stereocenters. The normalized spacial score (nSPS) is 10.3. The van der Waals surface area contributed by atoms with Crippen molar-refractivity contribution in [1.29, 1.82) is 0 Å². The largest absolute Gasteiger partial charge is 0.492 e. The van der Waals surface area contributed by atoms with Gasteiger partial charge in [0.15, 0.2) is 0 Å². The summed E-state index contributed by atoms with van der Waals surface area (Å²) >= 11 is 12.0. The van der Waals surface area contributed by atoms with Crippen molar-refractivity contribution in [3.05, 3.63) is 57.6 Å². The second kappa shape index (κ2) is 6.83.